The molecule has 0 spiro atoms. The van der Waals surface area contributed by atoms with Gasteiger partial charge in [-0.25, -0.2) is 0 Å². The minimum Gasteiger partial charge on any atom is -0.456 e. The van der Waals surface area contributed by atoms with Crippen LogP contribution in [0.5, 0.6) is 0 Å². The topological polar surface area (TPSA) is 42.7 Å². The molecule has 0 radical (unpaired) electrons. The van der Waals surface area contributed by atoms with Crippen LogP contribution in [0.3, 0.4) is 0 Å². The van der Waals surface area contributed by atoms with Gasteiger partial charge in [0.15, 0.2) is 0 Å². The first-order valence-electron chi connectivity index (χ1n) is 22.2. The Bertz CT molecular complexity index is 3860. The molecular weight excluding hydrogens is 783 g/mol. The largest absolute Gasteiger partial charge is 0.456 e. The first kappa shape index (κ1) is 35.7. The van der Waals surface area contributed by atoms with Crippen LogP contribution in [-0.2, 0) is 10.8 Å². The average Bonchev–Trinajstić information content (AvgIpc) is 4.10. The Hall–Kier alpha value is -7.82. The molecule has 0 aliphatic heterocycles. The van der Waals surface area contributed by atoms with Crippen LogP contribution in [0.25, 0.3) is 99.2 Å². The van der Waals surface area contributed by atoms with E-state index in [4.69, 9.17) is 13.3 Å². The van der Waals surface area contributed by atoms with Crippen LogP contribution in [0.15, 0.2) is 189 Å². The molecule has 0 fully saturated rings. The molecule has 304 valence electrons. The molecule has 2 aliphatic rings. The number of hydrogen-bond donors (Lipinski definition) is 0. The van der Waals surface area contributed by atoms with Crippen molar-refractivity contribution in [3.8, 4) is 33.4 Å². The molecular formula is C60H41NO3. The lowest BCUT2D eigenvalue weighted by Gasteiger charge is -2.30. The lowest BCUT2D eigenvalue weighted by atomic mass is 9.82. The summed E-state index contributed by atoms with van der Waals surface area (Å²) < 4.78 is 20.0. The Kier molecular flexibility index (Phi) is 6.94. The van der Waals surface area contributed by atoms with Gasteiger partial charge < -0.3 is 18.2 Å². The second-order valence-electron chi connectivity index (χ2n) is 18.8. The van der Waals surface area contributed by atoms with E-state index in [1.807, 2.05) is 30.3 Å². The lowest BCUT2D eigenvalue weighted by molar-refractivity contribution is 0.660. The predicted molar refractivity (Wildman–Crippen MR) is 264 cm³/mol. The van der Waals surface area contributed by atoms with Crippen molar-refractivity contribution in [3.63, 3.8) is 0 Å². The minimum absolute atomic E-state index is 0.135. The Labute approximate surface area is 369 Å². The minimum atomic E-state index is -0.135. The van der Waals surface area contributed by atoms with Gasteiger partial charge >= 0.3 is 0 Å². The van der Waals surface area contributed by atoms with E-state index >= 15 is 0 Å². The number of hydrogen-bond acceptors (Lipinski definition) is 4. The number of para-hydroxylation sites is 2. The average molecular weight is 824 g/mol. The van der Waals surface area contributed by atoms with Crippen LogP contribution in [0.1, 0.15) is 49.9 Å². The van der Waals surface area contributed by atoms with Gasteiger partial charge in [0.05, 0.1) is 5.39 Å². The highest BCUT2D eigenvalue weighted by Gasteiger charge is 2.38. The summed E-state index contributed by atoms with van der Waals surface area (Å²) in [6.07, 6.45) is 0. The summed E-state index contributed by atoms with van der Waals surface area (Å²) in [5.74, 6) is 0. The van der Waals surface area contributed by atoms with Gasteiger partial charge in [0, 0.05) is 54.8 Å². The van der Waals surface area contributed by atoms with Crippen molar-refractivity contribution in [1.82, 2.24) is 0 Å². The molecule has 12 aromatic rings. The number of benzene rings is 9. The fourth-order valence-electron chi connectivity index (χ4n) is 11.6. The summed E-state index contributed by atoms with van der Waals surface area (Å²) in [4.78, 5) is 2.44. The molecule has 3 aromatic heterocycles. The van der Waals surface area contributed by atoms with Gasteiger partial charge in [-0.1, -0.05) is 137 Å². The molecule has 0 amide bonds. The summed E-state index contributed by atoms with van der Waals surface area (Å²) in [6.45, 7) is 9.42. The SMILES string of the molecule is CC1(C)c2ccccc2-c2ccc(N(c3ccc(-c4cc5oc6ccc7oc8ccccc8c7c6c5c5oc6ccccc6c45)cc3)c3ccc4c(c3)C(C)(C)c3ccccc3-4)cc21. The molecule has 0 N–H and O–H groups in total. The van der Waals surface area contributed by atoms with E-state index in [1.54, 1.807) is 0 Å². The fourth-order valence-corrected chi connectivity index (χ4v) is 11.6. The van der Waals surface area contributed by atoms with Gasteiger partial charge in [-0.15, -0.1) is 0 Å². The summed E-state index contributed by atoms with van der Waals surface area (Å²) in [6, 6.07) is 63.7. The highest BCUT2D eigenvalue weighted by atomic mass is 16.3. The smallest absolute Gasteiger partial charge is 0.147 e. The monoisotopic (exact) mass is 823 g/mol. The second-order valence-corrected chi connectivity index (χ2v) is 18.8. The second kappa shape index (κ2) is 12.4. The highest BCUT2D eigenvalue weighted by molar-refractivity contribution is 6.33. The first-order chi connectivity index (χ1) is 31.2. The van der Waals surface area contributed by atoms with Crippen LogP contribution in [0, 0.1) is 0 Å². The van der Waals surface area contributed by atoms with Gasteiger partial charge in [0.1, 0.15) is 33.5 Å². The van der Waals surface area contributed by atoms with Gasteiger partial charge in [-0.3, -0.25) is 0 Å². The Morgan fingerprint density at radius 3 is 1.44 bits per heavy atom. The van der Waals surface area contributed by atoms with Gasteiger partial charge in [0.2, 0.25) is 0 Å². The molecule has 4 heteroatoms. The summed E-state index contributed by atoms with van der Waals surface area (Å²) in [5.41, 5.74) is 20.8. The molecule has 0 saturated heterocycles. The number of rotatable bonds is 4. The zero-order valence-electron chi connectivity index (χ0n) is 35.9. The van der Waals surface area contributed by atoms with Crippen molar-refractivity contribution < 1.29 is 13.3 Å². The van der Waals surface area contributed by atoms with Crippen molar-refractivity contribution >= 4 is 82.9 Å². The number of nitrogens with zero attached hydrogens (tertiary/aromatic N) is 1. The molecule has 2 aliphatic carbocycles. The Morgan fingerprint density at radius 1 is 0.328 bits per heavy atom. The number of anilines is 3. The molecule has 0 unspecified atom stereocenters. The van der Waals surface area contributed by atoms with E-state index in [2.05, 4.69) is 178 Å². The first-order valence-corrected chi connectivity index (χ1v) is 22.2. The third-order valence-corrected chi connectivity index (χ3v) is 14.7. The van der Waals surface area contributed by atoms with Crippen molar-refractivity contribution in [2.45, 2.75) is 38.5 Å². The third-order valence-electron chi connectivity index (χ3n) is 14.7. The Balaban J connectivity index is 0.969. The molecule has 0 saturated carbocycles. The maximum absolute atomic E-state index is 6.86. The van der Waals surface area contributed by atoms with E-state index in [0.717, 1.165) is 94.0 Å². The standard InChI is InChI=1S/C60H41NO3/c1-59(2)45-17-9-5-13-38(45)40-27-25-36(31-47(40)59)61(37-26-28-41-39-14-6-10-18-46(39)60(3,4)48(41)32-37)35-23-21-34(22-24-35)44-33-53-57(58-54(44)42-15-7-12-20-50(42)64-58)56-52(63-53)30-29-51-55(56)43-16-8-11-19-49(43)62-51/h5-33H,1-4H3. The van der Waals surface area contributed by atoms with Gasteiger partial charge in [-0.05, 0) is 122 Å². The lowest BCUT2D eigenvalue weighted by Crippen LogP contribution is -2.18. The quantitative estimate of drug-likeness (QED) is 0.177. The van der Waals surface area contributed by atoms with E-state index in [9.17, 15) is 0 Å². The van der Waals surface area contributed by atoms with Gasteiger partial charge in [-0.2, -0.15) is 0 Å². The van der Waals surface area contributed by atoms with E-state index in [1.165, 1.54) is 44.5 Å². The zero-order valence-corrected chi connectivity index (χ0v) is 35.9. The zero-order chi connectivity index (χ0) is 42.6. The summed E-state index contributed by atoms with van der Waals surface area (Å²) in [7, 11) is 0. The molecule has 4 nitrogen and oxygen atoms in total. The molecule has 0 bridgehead atoms. The van der Waals surface area contributed by atoms with Crippen molar-refractivity contribution in [3.05, 3.63) is 198 Å². The molecule has 3 heterocycles. The maximum Gasteiger partial charge on any atom is 0.147 e. The normalized spacial score (nSPS) is 14.5. The molecule has 64 heavy (non-hydrogen) atoms. The van der Waals surface area contributed by atoms with E-state index in [-0.39, 0.29) is 10.8 Å². The van der Waals surface area contributed by atoms with E-state index in [0.29, 0.717) is 0 Å². The highest BCUT2D eigenvalue weighted by Crippen LogP contribution is 2.54. The van der Waals surface area contributed by atoms with Crippen LogP contribution in [0.4, 0.5) is 17.1 Å². The number of fused-ring (bicyclic) bond motifs is 17. The fraction of sp³-hybridized carbons (Fsp3) is 0.100. The molecule has 0 atom stereocenters. The predicted octanol–water partition coefficient (Wildman–Crippen LogP) is 17.1. The van der Waals surface area contributed by atoms with Crippen LogP contribution >= 0.6 is 0 Å². The third kappa shape index (κ3) is 4.67. The van der Waals surface area contributed by atoms with Crippen LogP contribution < -0.4 is 4.90 Å². The van der Waals surface area contributed by atoms with Gasteiger partial charge in [0.25, 0.3) is 0 Å². The summed E-state index contributed by atoms with van der Waals surface area (Å²) in [5, 5.41) is 6.23. The van der Waals surface area contributed by atoms with Crippen molar-refractivity contribution in [1.29, 1.82) is 0 Å². The van der Waals surface area contributed by atoms with Crippen molar-refractivity contribution in [2.75, 3.05) is 4.90 Å². The molecule has 9 aromatic carbocycles. The van der Waals surface area contributed by atoms with Crippen LogP contribution in [0.2, 0.25) is 0 Å². The number of furan rings is 3. The van der Waals surface area contributed by atoms with Crippen LogP contribution in [-0.4, -0.2) is 0 Å². The van der Waals surface area contributed by atoms with E-state index < -0.39 is 0 Å². The van der Waals surface area contributed by atoms with Crippen molar-refractivity contribution in [2.24, 2.45) is 0 Å². The maximum atomic E-state index is 6.86. The summed E-state index contributed by atoms with van der Waals surface area (Å²) >= 11 is 0. The Morgan fingerprint density at radius 2 is 0.812 bits per heavy atom. The molecule has 14 rings (SSSR count).